The van der Waals surface area contributed by atoms with E-state index in [1.807, 2.05) is 32.0 Å². The zero-order valence-corrected chi connectivity index (χ0v) is 12.1. The van der Waals surface area contributed by atoms with Crippen LogP contribution in [0.4, 0.5) is 4.79 Å². The van der Waals surface area contributed by atoms with Gasteiger partial charge >= 0.3 is 6.03 Å². The Kier molecular flexibility index (Phi) is 5.09. The summed E-state index contributed by atoms with van der Waals surface area (Å²) in [6, 6.07) is 5.98. The molecule has 110 valence electrons. The highest BCUT2D eigenvalue weighted by Crippen LogP contribution is 2.30. The number of benzene rings is 1. The Bertz CT molecular complexity index is 462. The normalized spacial score (nSPS) is 14.5. The first-order chi connectivity index (χ1) is 9.69. The molecule has 1 aliphatic rings. The fraction of sp³-hybridized carbons (Fsp3) is 0.533. The summed E-state index contributed by atoms with van der Waals surface area (Å²) in [6.07, 6.45) is 1.69. The molecule has 1 atom stereocenters. The van der Waals surface area contributed by atoms with E-state index >= 15 is 0 Å². The monoisotopic (exact) mass is 278 g/mol. The van der Waals surface area contributed by atoms with Crippen LogP contribution in [0.25, 0.3) is 0 Å². The lowest BCUT2D eigenvalue weighted by Crippen LogP contribution is -2.41. The standard InChI is InChI=1S/C15H22N2O3/c1-3-11(2)17-15(18)16-7-6-12-4-5-13-14(10-12)20-9-8-19-13/h4-5,10-11H,3,6-9H2,1-2H3,(H2,16,17,18). The van der Waals surface area contributed by atoms with E-state index in [4.69, 9.17) is 9.47 Å². The number of urea groups is 1. The van der Waals surface area contributed by atoms with E-state index in [0.717, 1.165) is 29.9 Å². The molecule has 0 aliphatic carbocycles. The minimum atomic E-state index is -0.114. The molecule has 1 aliphatic heterocycles. The second kappa shape index (κ2) is 7.03. The summed E-state index contributed by atoms with van der Waals surface area (Å²) in [5, 5.41) is 5.73. The molecule has 0 saturated carbocycles. The highest BCUT2D eigenvalue weighted by atomic mass is 16.6. The smallest absolute Gasteiger partial charge is 0.315 e. The van der Waals surface area contributed by atoms with Crippen LogP contribution >= 0.6 is 0 Å². The van der Waals surface area contributed by atoms with Crippen molar-refractivity contribution in [3.05, 3.63) is 23.8 Å². The number of carbonyl (C=O) groups excluding carboxylic acids is 1. The van der Waals surface area contributed by atoms with Gasteiger partial charge in [0.25, 0.3) is 0 Å². The van der Waals surface area contributed by atoms with Gasteiger partial charge in [0, 0.05) is 12.6 Å². The van der Waals surface area contributed by atoms with E-state index < -0.39 is 0 Å². The lowest BCUT2D eigenvalue weighted by Gasteiger charge is -2.19. The number of nitrogens with one attached hydrogen (secondary N) is 2. The maximum absolute atomic E-state index is 11.6. The highest BCUT2D eigenvalue weighted by molar-refractivity contribution is 5.74. The fourth-order valence-corrected chi connectivity index (χ4v) is 1.94. The van der Waals surface area contributed by atoms with Gasteiger partial charge in [0.05, 0.1) is 0 Å². The van der Waals surface area contributed by atoms with Crippen LogP contribution in [0, 0.1) is 0 Å². The molecule has 1 heterocycles. The van der Waals surface area contributed by atoms with Crippen molar-refractivity contribution in [1.82, 2.24) is 10.6 Å². The number of amides is 2. The van der Waals surface area contributed by atoms with Crippen LogP contribution in [-0.2, 0) is 6.42 Å². The summed E-state index contributed by atoms with van der Waals surface area (Å²) in [5.41, 5.74) is 1.12. The first-order valence-corrected chi connectivity index (χ1v) is 7.12. The molecule has 5 nitrogen and oxygen atoms in total. The number of ether oxygens (including phenoxy) is 2. The van der Waals surface area contributed by atoms with E-state index in [0.29, 0.717) is 19.8 Å². The van der Waals surface area contributed by atoms with E-state index in [1.54, 1.807) is 0 Å². The van der Waals surface area contributed by atoms with Gasteiger partial charge in [-0.05, 0) is 37.5 Å². The van der Waals surface area contributed by atoms with Gasteiger partial charge in [-0.2, -0.15) is 0 Å². The Morgan fingerprint density at radius 1 is 1.30 bits per heavy atom. The number of fused-ring (bicyclic) bond motifs is 1. The maximum atomic E-state index is 11.6. The molecule has 1 aromatic rings. The summed E-state index contributed by atoms with van der Waals surface area (Å²) in [7, 11) is 0. The molecule has 0 fully saturated rings. The number of hydrogen-bond acceptors (Lipinski definition) is 3. The molecule has 2 amide bonds. The van der Waals surface area contributed by atoms with Gasteiger partial charge in [-0.1, -0.05) is 13.0 Å². The van der Waals surface area contributed by atoms with Crippen LogP contribution in [0.2, 0.25) is 0 Å². The highest BCUT2D eigenvalue weighted by Gasteiger charge is 2.11. The molecular weight excluding hydrogens is 256 g/mol. The average molecular weight is 278 g/mol. The van der Waals surface area contributed by atoms with Gasteiger partial charge in [0.1, 0.15) is 13.2 Å². The molecule has 0 radical (unpaired) electrons. The van der Waals surface area contributed by atoms with Crippen LogP contribution in [0.3, 0.4) is 0 Å². The molecule has 5 heteroatoms. The number of hydrogen-bond donors (Lipinski definition) is 2. The minimum absolute atomic E-state index is 0.114. The summed E-state index contributed by atoms with van der Waals surface area (Å²) in [6.45, 7) is 5.82. The summed E-state index contributed by atoms with van der Waals surface area (Å²) in [4.78, 5) is 11.6. The van der Waals surface area contributed by atoms with Crippen molar-refractivity contribution >= 4 is 6.03 Å². The second-order valence-electron chi connectivity index (χ2n) is 4.94. The first-order valence-electron chi connectivity index (χ1n) is 7.12. The Labute approximate surface area is 119 Å². The molecule has 2 N–H and O–H groups in total. The number of carbonyl (C=O) groups is 1. The largest absolute Gasteiger partial charge is 0.486 e. The van der Waals surface area contributed by atoms with Crippen LogP contribution in [0.15, 0.2) is 18.2 Å². The van der Waals surface area contributed by atoms with E-state index in [2.05, 4.69) is 10.6 Å². The molecule has 0 aromatic heterocycles. The third-order valence-corrected chi connectivity index (χ3v) is 3.30. The fourth-order valence-electron chi connectivity index (χ4n) is 1.94. The van der Waals surface area contributed by atoms with E-state index in [1.165, 1.54) is 0 Å². The average Bonchev–Trinajstić information content (AvgIpc) is 2.47. The van der Waals surface area contributed by atoms with E-state index in [9.17, 15) is 4.79 Å². The summed E-state index contributed by atoms with van der Waals surface area (Å²) < 4.78 is 11.0. The second-order valence-corrected chi connectivity index (χ2v) is 4.94. The Hall–Kier alpha value is -1.91. The van der Waals surface area contributed by atoms with Gasteiger partial charge in [-0.15, -0.1) is 0 Å². The predicted octanol–water partition coefficient (Wildman–Crippen LogP) is 2.10. The Morgan fingerprint density at radius 3 is 2.80 bits per heavy atom. The summed E-state index contributed by atoms with van der Waals surface area (Å²) in [5.74, 6) is 1.58. The van der Waals surface area contributed by atoms with Crippen molar-refractivity contribution in [3.8, 4) is 11.5 Å². The molecule has 0 spiro atoms. The van der Waals surface area contributed by atoms with Crippen molar-refractivity contribution in [1.29, 1.82) is 0 Å². The van der Waals surface area contributed by atoms with Crippen LogP contribution in [0.1, 0.15) is 25.8 Å². The molecular formula is C15H22N2O3. The van der Waals surface area contributed by atoms with Crippen LogP contribution < -0.4 is 20.1 Å². The van der Waals surface area contributed by atoms with Crippen LogP contribution in [0.5, 0.6) is 11.5 Å². The lowest BCUT2D eigenvalue weighted by atomic mass is 10.1. The van der Waals surface area contributed by atoms with E-state index in [-0.39, 0.29) is 12.1 Å². The van der Waals surface area contributed by atoms with Crippen molar-refractivity contribution in [2.24, 2.45) is 0 Å². The minimum Gasteiger partial charge on any atom is -0.486 e. The quantitative estimate of drug-likeness (QED) is 0.867. The summed E-state index contributed by atoms with van der Waals surface area (Å²) >= 11 is 0. The molecule has 1 aromatic carbocycles. The molecule has 0 bridgehead atoms. The zero-order chi connectivity index (χ0) is 14.4. The van der Waals surface area contributed by atoms with Crippen molar-refractivity contribution in [3.63, 3.8) is 0 Å². The number of rotatable bonds is 5. The molecule has 1 unspecified atom stereocenters. The van der Waals surface area contributed by atoms with Gasteiger partial charge in [-0.25, -0.2) is 4.79 Å². The Morgan fingerprint density at radius 2 is 2.05 bits per heavy atom. The molecule has 2 rings (SSSR count). The van der Waals surface area contributed by atoms with Crippen molar-refractivity contribution in [2.45, 2.75) is 32.7 Å². The third kappa shape index (κ3) is 4.05. The van der Waals surface area contributed by atoms with Gasteiger partial charge in [0.2, 0.25) is 0 Å². The third-order valence-electron chi connectivity index (χ3n) is 3.30. The predicted molar refractivity (Wildman–Crippen MR) is 77.4 cm³/mol. The van der Waals surface area contributed by atoms with Crippen molar-refractivity contribution < 1.29 is 14.3 Å². The van der Waals surface area contributed by atoms with Crippen LogP contribution in [-0.4, -0.2) is 31.8 Å². The maximum Gasteiger partial charge on any atom is 0.315 e. The zero-order valence-electron chi connectivity index (χ0n) is 12.1. The molecule has 0 saturated heterocycles. The Balaban J connectivity index is 1.78. The topological polar surface area (TPSA) is 59.6 Å². The lowest BCUT2D eigenvalue weighted by molar-refractivity contribution is 0.171. The van der Waals surface area contributed by atoms with Gasteiger partial charge in [-0.3, -0.25) is 0 Å². The first kappa shape index (κ1) is 14.5. The van der Waals surface area contributed by atoms with Crippen molar-refractivity contribution in [2.75, 3.05) is 19.8 Å². The molecule has 20 heavy (non-hydrogen) atoms. The van der Waals surface area contributed by atoms with Gasteiger partial charge < -0.3 is 20.1 Å². The SMILES string of the molecule is CCC(C)NC(=O)NCCc1ccc2c(c1)OCCO2. The van der Waals surface area contributed by atoms with Gasteiger partial charge in [0.15, 0.2) is 11.5 Å².